The van der Waals surface area contributed by atoms with Crippen LogP contribution in [0.15, 0.2) is 30.6 Å². The number of phenols is 1. The van der Waals surface area contributed by atoms with E-state index in [1.807, 2.05) is 24.7 Å². The zero-order valence-corrected chi connectivity index (χ0v) is 9.68. The van der Waals surface area contributed by atoms with Gasteiger partial charge >= 0.3 is 0 Å². The first-order valence-corrected chi connectivity index (χ1v) is 5.30. The Kier molecular flexibility index (Phi) is 2.99. The second kappa shape index (κ2) is 4.45. The number of imidazole rings is 1. The zero-order chi connectivity index (χ0) is 12.4. The van der Waals surface area contributed by atoms with Crippen LogP contribution >= 0.6 is 0 Å². The lowest BCUT2D eigenvalue weighted by Gasteiger charge is -2.15. The van der Waals surface area contributed by atoms with Gasteiger partial charge in [0.1, 0.15) is 5.82 Å². The maximum atomic E-state index is 13.1. The molecule has 1 heterocycles. The Morgan fingerprint density at radius 2 is 2.24 bits per heavy atom. The molecule has 0 radical (unpaired) electrons. The highest BCUT2D eigenvalue weighted by atomic mass is 19.1. The number of rotatable bonds is 3. The largest absolute Gasteiger partial charge is 0.505 e. The van der Waals surface area contributed by atoms with Crippen LogP contribution in [0, 0.1) is 5.82 Å². The maximum Gasteiger partial charge on any atom is 0.166 e. The minimum absolute atomic E-state index is 0.0426. The highest BCUT2D eigenvalue weighted by molar-refractivity contribution is 5.47. The van der Waals surface area contributed by atoms with Crippen LogP contribution in [-0.2, 0) is 7.05 Å². The van der Waals surface area contributed by atoms with Crippen molar-refractivity contribution >= 4 is 5.69 Å². The van der Waals surface area contributed by atoms with E-state index < -0.39 is 5.82 Å². The number of hydrogen-bond acceptors (Lipinski definition) is 3. The summed E-state index contributed by atoms with van der Waals surface area (Å²) in [6.45, 7) is 1.94. The molecule has 4 nitrogen and oxygen atoms in total. The van der Waals surface area contributed by atoms with Gasteiger partial charge in [-0.3, -0.25) is 0 Å². The molecule has 2 rings (SSSR count). The first-order valence-electron chi connectivity index (χ1n) is 5.30. The lowest BCUT2D eigenvalue weighted by Crippen LogP contribution is -2.11. The van der Waals surface area contributed by atoms with Gasteiger partial charge in [0.15, 0.2) is 11.6 Å². The Hall–Kier alpha value is -2.04. The number of hydrogen-bond donors (Lipinski definition) is 2. The molecule has 1 aromatic carbocycles. The SMILES string of the molecule is CC(Nc1ccc(O)c(F)c1)c1nccn1C. The molecule has 0 bridgehead atoms. The molecule has 1 unspecified atom stereocenters. The summed E-state index contributed by atoms with van der Waals surface area (Å²) in [5.41, 5.74) is 0.607. The number of benzene rings is 1. The van der Waals surface area contributed by atoms with Crippen molar-refractivity contribution in [2.24, 2.45) is 7.05 Å². The van der Waals surface area contributed by atoms with E-state index in [9.17, 15) is 4.39 Å². The van der Waals surface area contributed by atoms with E-state index in [0.29, 0.717) is 5.69 Å². The van der Waals surface area contributed by atoms with Crippen molar-refractivity contribution in [1.29, 1.82) is 0 Å². The molecule has 5 heteroatoms. The number of phenolic OH excluding ortho intramolecular Hbond substituents is 1. The van der Waals surface area contributed by atoms with Gasteiger partial charge in [0, 0.05) is 31.2 Å². The van der Waals surface area contributed by atoms with Crippen molar-refractivity contribution in [3.63, 3.8) is 0 Å². The smallest absolute Gasteiger partial charge is 0.166 e. The van der Waals surface area contributed by atoms with Crippen molar-refractivity contribution in [1.82, 2.24) is 9.55 Å². The summed E-state index contributed by atoms with van der Waals surface area (Å²) in [5, 5.41) is 12.2. The molecule has 0 saturated carbocycles. The Balaban J connectivity index is 2.16. The molecule has 1 atom stereocenters. The van der Waals surface area contributed by atoms with Crippen LogP contribution in [0.25, 0.3) is 0 Å². The first kappa shape index (κ1) is 11.4. The van der Waals surface area contributed by atoms with Crippen LogP contribution in [0.2, 0.25) is 0 Å². The van der Waals surface area contributed by atoms with Crippen LogP contribution in [0.5, 0.6) is 5.75 Å². The lowest BCUT2D eigenvalue weighted by molar-refractivity contribution is 0.432. The zero-order valence-electron chi connectivity index (χ0n) is 9.68. The molecule has 2 N–H and O–H groups in total. The van der Waals surface area contributed by atoms with Crippen LogP contribution in [0.1, 0.15) is 18.8 Å². The van der Waals surface area contributed by atoms with E-state index in [1.165, 1.54) is 12.1 Å². The Bertz CT molecular complexity index is 524. The summed E-state index contributed by atoms with van der Waals surface area (Å²) in [4.78, 5) is 4.21. The normalized spacial score (nSPS) is 12.4. The van der Waals surface area contributed by atoms with Gasteiger partial charge in [0.25, 0.3) is 0 Å². The molecule has 17 heavy (non-hydrogen) atoms. The first-order chi connectivity index (χ1) is 8.08. The fraction of sp³-hybridized carbons (Fsp3) is 0.250. The molecule has 1 aromatic heterocycles. The average molecular weight is 235 g/mol. The number of nitrogens with one attached hydrogen (secondary N) is 1. The number of nitrogens with zero attached hydrogens (tertiary/aromatic N) is 2. The van der Waals surface area contributed by atoms with Gasteiger partial charge in [-0.05, 0) is 19.1 Å². The summed E-state index contributed by atoms with van der Waals surface area (Å²) in [5.74, 6) is -0.124. The lowest BCUT2D eigenvalue weighted by atomic mass is 10.2. The number of aryl methyl sites for hydroxylation is 1. The van der Waals surface area contributed by atoms with Crippen molar-refractivity contribution in [3.8, 4) is 5.75 Å². The molecule has 0 saturated heterocycles. The number of aromatic hydroxyl groups is 1. The monoisotopic (exact) mass is 235 g/mol. The second-order valence-corrected chi connectivity index (χ2v) is 3.93. The third kappa shape index (κ3) is 2.38. The van der Waals surface area contributed by atoms with E-state index in [2.05, 4.69) is 10.3 Å². The van der Waals surface area contributed by atoms with Gasteiger partial charge in [-0.25, -0.2) is 9.37 Å². The predicted octanol–water partition coefficient (Wildman–Crippen LogP) is 2.44. The Labute approximate surface area is 98.7 Å². The van der Waals surface area contributed by atoms with Gasteiger partial charge in [-0.2, -0.15) is 0 Å². The molecule has 2 aromatic rings. The average Bonchev–Trinajstić information content (AvgIpc) is 2.70. The van der Waals surface area contributed by atoms with Crippen LogP contribution in [0.4, 0.5) is 10.1 Å². The maximum absolute atomic E-state index is 13.1. The quantitative estimate of drug-likeness (QED) is 0.803. The van der Waals surface area contributed by atoms with E-state index in [-0.39, 0.29) is 11.8 Å². The molecule has 0 spiro atoms. The fourth-order valence-electron chi connectivity index (χ4n) is 1.71. The van der Waals surface area contributed by atoms with Gasteiger partial charge < -0.3 is 15.0 Å². The standard InChI is InChI=1S/C12H14FN3O/c1-8(12-14-5-6-16(12)2)15-9-3-4-11(17)10(13)7-9/h3-8,15,17H,1-2H3. The van der Waals surface area contributed by atoms with Gasteiger partial charge in [0.05, 0.1) is 6.04 Å². The summed E-state index contributed by atoms with van der Waals surface area (Å²) >= 11 is 0. The van der Waals surface area contributed by atoms with Crippen LogP contribution in [0.3, 0.4) is 0 Å². The van der Waals surface area contributed by atoms with Gasteiger partial charge in [0.2, 0.25) is 0 Å². The van der Waals surface area contributed by atoms with Crippen molar-refractivity contribution in [2.75, 3.05) is 5.32 Å². The highest BCUT2D eigenvalue weighted by Gasteiger charge is 2.10. The van der Waals surface area contributed by atoms with Gasteiger partial charge in [-0.1, -0.05) is 0 Å². The molecule has 0 fully saturated rings. The number of aromatic nitrogens is 2. The summed E-state index contributed by atoms with van der Waals surface area (Å²) in [6.07, 6.45) is 3.57. The van der Waals surface area contributed by atoms with Crippen molar-refractivity contribution in [3.05, 3.63) is 42.2 Å². The highest BCUT2D eigenvalue weighted by Crippen LogP contribution is 2.22. The number of halogens is 1. The molecule has 0 amide bonds. The van der Waals surface area contributed by atoms with E-state index in [1.54, 1.807) is 12.3 Å². The summed E-state index contributed by atoms with van der Waals surface area (Å²) in [7, 11) is 1.90. The third-order valence-electron chi connectivity index (χ3n) is 2.58. The summed E-state index contributed by atoms with van der Waals surface area (Å²) in [6, 6.07) is 4.16. The van der Waals surface area contributed by atoms with Gasteiger partial charge in [-0.15, -0.1) is 0 Å². The number of anilines is 1. The Morgan fingerprint density at radius 1 is 1.47 bits per heavy atom. The summed E-state index contributed by atoms with van der Waals surface area (Å²) < 4.78 is 15.0. The second-order valence-electron chi connectivity index (χ2n) is 3.93. The molecule has 0 aliphatic carbocycles. The van der Waals surface area contributed by atoms with Crippen molar-refractivity contribution in [2.45, 2.75) is 13.0 Å². The predicted molar refractivity (Wildman–Crippen MR) is 63.3 cm³/mol. The van der Waals surface area contributed by atoms with E-state index in [4.69, 9.17) is 5.11 Å². The molecule has 0 aliphatic rings. The topological polar surface area (TPSA) is 50.1 Å². The molecule has 0 aliphatic heterocycles. The molecule has 90 valence electrons. The van der Waals surface area contributed by atoms with E-state index in [0.717, 1.165) is 5.82 Å². The minimum atomic E-state index is -0.637. The molecular weight excluding hydrogens is 221 g/mol. The minimum Gasteiger partial charge on any atom is -0.505 e. The molecular formula is C12H14FN3O. The third-order valence-corrected chi connectivity index (χ3v) is 2.58. The van der Waals surface area contributed by atoms with Crippen LogP contribution < -0.4 is 5.32 Å². The Morgan fingerprint density at radius 3 is 2.82 bits per heavy atom. The van der Waals surface area contributed by atoms with Crippen molar-refractivity contribution < 1.29 is 9.50 Å². The fourth-order valence-corrected chi connectivity index (χ4v) is 1.71. The van der Waals surface area contributed by atoms with Crippen LogP contribution in [-0.4, -0.2) is 14.7 Å². The van der Waals surface area contributed by atoms with E-state index >= 15 is 0 Å².